The van der Waals surface area contributed by atoms with Crippen LogP contribution >= 0.6 is 23.1 Å². The molecule has 5 nitrogen and oxygen atoms in total. The Morgan fingerprint density at radius 1 is 1.15 bits per heavy atom. The van der Waals surface area contributed by atoms with Gasteiger partial charge in [0.1, 0.15) is 0 Å². The maximum absolute atomic E-state index is 11.6. The molecule has 0 aliphatic rings. The van der Waals surface area contributed by atoms with Gasteiger partial charge < -0.3 is 5.73 Å². The number of rotatable bonds is 4. The molecule has 2 aromatic rings. The molecule has 1 heterocycles. The molecule has 0 aliphatic heterocycles. The van der Waals surface area contributed by atoms with Crippen molar-refractivity contribution in [1.82, 2.24) is 10.9 Å². The molecular weight excluding hydrogens is 294 g/mol. The number of carbonyl (C=O) groups is 2. The topological polar surface area (TPSA) is 84.2 Å². The zero-order chi connectivity index (χ0) is 14.4. The van der Waals surface area contributed by atoms with Gasteiger partial charge in [0.25, 0.3) is 5.91 Å². The minimum atomic E-state index is -0.322. The average molecular weight is 307 g/mol. The molecule has 4 N–H and O–H groups in total. The first-order chi connectivity index (χ1) is 9.66. The van der Waals surface area contributed by atoms with E-state index in [4.69, 9.17) is 5.73 Å². The molecule has 0 unspecified atom stereocenters. The van der Waals surface area contributed by atoms with Gasteiger partial charge >= 0.3 is 0 Å². The molecule has 0 saturated carbocycles. The number of thioether (sulfide) groups is 1. The number of para-hydroxylation sites is 1. The summed E-state index contributed by atoms with van der Waals surface area (Å²) in [5.41, 5.74) is 11.1. The van der Waals surface area contributed by atoms with E-state index in [0.717, 1.165) is 4.90 Å². The van der Waals surface area contributed by atoms with Crippen LogP contribution in [0.1, 0.15) is 9.67 Å². The van der Waals surface area contributed by atoms with E-state index >= 15 is 0 Å². The zero-order valence-corrected chi connectivity index (χ0v) is 12.1. The van der Waals surface area contributed by atoms with Gasteiger partial charge in [-0.1, -0.05) is 18.2 Å². The predicted molar refractivity (Wildman–Crippen MR) is 81.5 cm³/mol. The third-order valence-corrected chi connectivity index (χ3v) is 4.30. The Morgan fingerprint density at radius 2 is 1.95 bits per heavy atom. The number of carbonyl (C=O) groups excluding carboxylic acids is 2. The van der Waals surface area contributed by atoms with E-state index in [9.17, 15) is 9.59 Å². The molecule has 0 bridgehead atoms. The van der Waals surface area contributed by atoms with Crippen LogP contribution in [0.15, 0.2) is 46.7 Å². The van der Waals surface area contributed by atoms with Gasteiger partial charge in [-0.05, 0) is 23.6 Å². The van der Waals surface area contributed by atoms with Gasteiger partial charge in [0.15, 0.2) is 0 Å². The highest BCUT2D eigenvalue weighted by Crippen LogP contribution is 2.23. The van der Waals surface area contributed by atoms with Crippen molar-refractivity contribution < 1.29 is 9.59 Å². The van der Waals surface area contributed by atoms with Gasteiger partial charge in [-0.15, -0.1) is 23.1 Å². The maximum Gasteiger partial charge on any atom is 0.279 e. The molecule has 20 heavy (non-hydrogen) atoms. The predicted octanol–water partition coefficient (Wildman–Crippen LogP) is 1.88. The van der Waals surface area contributed by atoms with E-state index in [1.54, 1.807) is 23.6 Å². The van der Waals surface area contributed by atoms with Crippen LogP contribution in [-0.2, 0) is 4.79 Å². The number of nitrogens with two attached hydrogens (primary N) is 1. The maximum atomic E-state index is 11.6. The SMILES string of the molecule is Nc1ccccc1SCC(=O)NNC(=O)c1cccs1. The minimum Gasteiger partial charge on any atom is -0.398 e. The molecule has 0 atom stereocenters. The molecule has 2 rings (SSSR count). The largest absolute Gasteiger partial charge is 0.398 e. The normalized spacial score (nSPS) is 10.0. The second-order valence-electron chi connectivity index (χ2n) is 3.81. The van der Waals surface area contributed by atoms with Crippen LogP contribution in [0.25, 0.3) is 0 Å². The Morgan fingerprint density at radius 3 is 2.65 bits per heavy atom. The fourth-order valence-electron chi connectivity index (χ4n) is 1.39. The van der Waals surface area contributed by atoms with Crippen molar-refractivity contribution in [2.75, 3.05) is 11.5 Å². The Balaban J connectivity index is 1.76. The van der Waals surface area contributed by atoms with Crippen molar-refractivity contribution in [2.45, 2.75) is 4.90 Å². The van der Waals surface area contributed by atoms with Crippen molar-refractivity contribution in [3.8, 4) is 0 Å². The van der Waals surface area contributed by atoms with Crippen molar-refractivity contribution in [3.05, 3.63) is 46.7 Å². The molecule has 1 aromatic carbocycles. The fourth-order valence-corrected chi connectivity index (χ4v) is 2.77. The monoisotopic (exact) mass is 307 g/mol. The molecule has 0 saturated heterocycles. The van der Waals surface area contributed by atoms with E-state index in [2.05, 4.69) is 10.9 Å². The van der Waals surface area contributed by atoms with Crippen molar-refractivity contribution in [2.24, 2.45) is 0 Å². The van der Waals surface area contributed by atoms with E-state index in [1.807, 2.05) is 18.2 Å². The highest BCUT2D eigenvalue weighted by molar-refractivity contribution is 8.00. The van der Waals surface area contributed by atoms with Crippen molar-refractivity contribution >= 4 is 40.6 Å². The molecule has 104 valence electrons. The third-order valence-electron chi connectivity index (χ3n) is 2.34. The quantitative estimate of drug-likeness (QED) is 0.457. The van der Waals surface area contributed by atoms with Crippen LogP contribution in [0.4, 0.5) is 5.69 Å². The van der Waals surface area contributed by atoms with Gasteiger partial charge in [0, 0.05) is 10.6 Å². The Labute approximate surface area is 124 Å². The van der Waals surface area contributed by atoms with E-state index < -0.39 is 0 Å². The Kier molecular flexibility index (Phi) is 5.03. The molecule has 0 spiro atoms. The number of nitrogen functional groups attached to an aromatic ring is 1. The lowest BCUT2D eigenvalue weighted by Crippen LogP contribution is -2.42. The number of amides is 2. The summed E-state index contributed by atoms with van der Waals surface area (Å²) < 4.78 is 0. The third kappa shape index (κ3) is 4.01. The zero-order valence-electron chi connectivity index (χ0n) is 10.5. The second-order valence-corrected chi connectivity index (χ2v) is 5.77. The Bertz CT molecular complexity index is 599. The smallest absolute Gasteiger partial charge is 0.279 e. The highest BCUT2D eigenvalue weighted by atomic mass is 32.2. The number of nitrogens with one attached hydrogen (secondary N) is 2. The summed E-state index contributed by atoms with van der Waals surface area (Å²) in [6, 6.07) is 10.8. The first-order valence-electron chi connectivity index (χ1n) is 5.77. The van der Waals surface area contributed by atoms with Crippen LogP contribution in [0, 0.1) is 0 Å². The lowest BCUT2D eigenvalue weighted by Gasteiger charge is -2.07. The van der Waals surface area contributed by atoms with Crippen LogP contribution in [0.3, 0.4) is 0 Å². The summed E-state index contributed by atoms with van der Waals surface area (Å²) in [5, 5.41) is 1.80. The Hall–Kier alpha value is -1.99. The van der Waals surface area contributed by atoms with Crippen LogP contribution in [0.2, 0.25) is 0 Å². The summed E-state index contributed by atoms with van der Waals surface area (Å²) in [6.07, 6.45) is 0. The average Bonchev–Trinajstić information content (AvgIpc) is 2.98. The number of hydrazine groups is 1. The van der Waals surface area contributed by atoms with E-state index in [0.29, 0.717) is 10.6 Å². The summed E-state index contributed by atoms with van der Waals surface area (Å²) in [7, 11) is 0. The van der Waals surface area contributed by atoms with E-state index in [1.165, 1.54) is 23.1 Å². The van der Waals surface area contributed by atoms with Crippen molar-refractivity contribution in [3.63, 3.8) is 0 Å². The molecule has 1 aromatic heterocycles. The van der Waals surface area contributed by atoms with Crippen LogP contribution in [0.5, 0.6) is 0 Å². The minimum absolute atomic E-state index is 0.179. The van der Waals surface area contributed by atoms with Gasteiger partial charge in [-0.3, -0.25) is 20.4 Å². The molecule has 0 radical (unpaired) electrons. The number of anilines is 1. The number of benzene rings is 1. The summed E-state index contributed by atoms with van der Waals surface area (Å²) in [6.45, 7) is 0. The fraction of sp³-hybridized carbons (Fsp3) is 0.0769. The summed E-state index contributed by atoms with van der Waals surface area (Å²) in [4.78, 5) is 24.6. The first-order valence-corrected chi connectivity index (χ1v) is 7.63. The molecule has 0 fully saturated rings. The standard InChI is InChI=1S/C13H13N3O2S2/c14-9-4-1-2-5-10(9)20-8-12(17)15-16-13(18)11-6-3-7-19-11/h1-7H,8,14H2,(H,15,17)(H,16,18). The second kappa shape index (κ2) is 6.97. The van der Waals surface area contributed by atoms with Crippen LogP contribution in [-0.4, -0.2) is 17.6 Å². The lowest BCUT2D eigenvalue weighted by molar-refractivity contribution is -0.119. The van der Waals surface area contributed by atoms with Gasteiger partial charge in [-0.2, -0.15) is 0 Å². The highest BCUT2D eigenvalue weighted by Gasteiger charge is 2.08. The number of hydrogen-bond donors (Lipinski definition) is 3. The summed E-state index contributed by atoms with van der Waals surface area (Å²) in [5.74, 6) is -0.431. The molecule has 7 heteroatoms. The van der Waals surface area contributed by atoms with Gasteiger partial charge in [0.2, 0.25) is 5.91 Å². The molecule has 2 amide bonds. The summed E-state index contributed by atoms with van der Waals surface area (Å²) >= 11 is 2.63. The van der Waals surface area contributed by atoms with Crippen LogP contribution < -0.4 is 16.6 Å². The van der Waals surface area contributed by atoms with E-state index in [-0.39, 0.29) is 17.6 Å². The van der Waals surface area contributed by atoms with Gasteiger partial charge in [0.05, 0.1) is 10.6 Å². The molecular formula is C13H13N3O2S2. The van der Waals surface area contributed by atoms with Crippen molar-refractivity contribution in [1.29, 1.82) is 0 Å². The van der Waals surface area contributed by atoms with Gasteiger partial charge in [-0.25, -0.2) is 0 Å². The lowest BCUT2D eigenvalue weighted by atomic mass is 10.3. The first kappa shape index (κ1) is 14.4. The number of thiophene rings is 1. The number of hydrogen-bond acceptors (Lipinski definition) is 5. The molecule has 0 aliphatic carbocycles.